The van der Waals surface area contributed by atoms with E-state index in [-0.39, 0.29) is 17.7 Å². The van der Waals surface area contributed by atoms with Gasteiger partial charge in [0.15, 0.2) is 0 Å². The first kappa shape index (κ1) is 34.1. The van der Waals surface area contributed by atoms with Crippen molar-refractivity contribution in [3.63, 3.8) is 0 Å². The summed E-state index contributed by atoms with van der Waals surface area (Å²) in [6.07, 6.45) is 2.36. The lowest BCUT2D eigenvalue weighted by Gasteiger charge is -2.46. The smallest absolute Gasteiger partial charge is 0.333 e. The minimum atomic E-state index is -0.0833. The highest BCUT2D eigenvalue weighted by Gasteiger charge is 2.47. The molecular weight excluding hydrogens is 770 g/mol. The minimum absolute atomic E-state index is 0.0490. The Balaban J connectivity index is 1.21. The predicted octanol–water partition coefficient (Wildman–Crippen LogP) is 14.2. The van der Waals surface area contributed by atoms with Crippen LogP contribution in [0.25, 0.3) is 96.9 Å². The molecule has 1 aliphatic carbocycles. The molecule has 0 atom stereocenters. The summed E-state index contributed by atoms with van der Waals surface area (Å²) in [6, 6.07) is 54.1. The average molecular weight is 812 g/mol. The Labute approximate surface area is 363 Å². The van der Waals surface area contributed by atoms with Gasteiger partial charge in [-0.25, -0.2) is 0 Å². The molecule has 294 valence electrons. The second-order valence-electron chi connectivity index (χ2n) is 19.9. The molecule has 8 aromatic carbocycles. The van der Waals surface area contributed by atoms with Crippen LogP contribution in [0.3, 0.4) is 0 Å². The van der Waals surface area contributed by atoms with Gasteiger partial charge >= 0.3 is 6.85 Å². The van der Waals surface area contributed by atoms with E-state index in [1.54, 1.807) is 0 Å². The highest BCUT2D eigenvalue weighted by atomic mass is 32.1. The fourth-order valence-corrected chi connectivity index (χ4v) is 14.0. The molecule has 15 rings (SSSR count). The Hall–Kier alpha value is -6.56. The lowest BCUT2D eigenvalue weighted by Crippen LogP contribution is -2.61. The van der Waals surface area contributed by atoms with Crippen LogP contribution in [0.4, 0.5) is 11.4 Å². The van der Waals surface area contributed by atoms with Crippen LogP contribution in [0.2, 0.25) is 0 Å². The zero-order valence-electron chi connectivity index (χ0n) is 35.5. The Morgan fingerprint density at radius 2 is 1.13 bits per heavy atom. The second-order valence-corrected chi connectivity index (χ2v) is 21.0. The van der Waals surface area contributed by atoms with Gasteiger partial charge in [-0.15, -0.1) is 11.3 Å². The maximum Gasteiger partial charge on any atom is 0.333 e. The molecule has 0 fully saturated rings. The number of para-hydroxylation sites is 4. The molecule has 6 heterocycles. The summed E-state index contributed by atoms with van der Waals surface area (Å²) in [6.45, 7) is 12.2. The van der Waals surface area contributed by atoms with Gasteiger partial charge in [0.25, 0.3) is 0 Å². The van der Waals surface area contributed by atoms with Crippen LogP contribution in [0.5, 0.6) is 0 Å². The summed E-state index contributed by atoms with van der Waals surface area (Å²) in [5.41, 5.74) is 20.4. The number of anilines is 2. The van der Waals surface area contributed by atoms with Crippen molar-refractivity contribution >= 4 is 121 Å². The van der Waals surface area contributed by atoms with Crippen LogP contribution in [-0.4, -0.2) is 15.8 Å². The van der Waals surface area contributed by atoms with Gasteiger partial charge in [0, 0.05) is 63.7 Å². The van der Waals surface area contributed by atoms with Crippen molar-refractivity contribution in [1.29, 1.82) is 0 Å². The Bertz CT molecular complexity index is 4020. The van der Waals surface area contributed by atoms with Crippen molar-refractivity contribution < 1.29 is 0 Å². The minimum Gasteiger partial charge on any atom is -0.374 e. The zero-order valence-corrected chi connectivity index (χ0v) is 36.3. The third-order valence-electron chi connectivity index (χ3n) is 15.8. The molecule has 0 saturated carbocycles. The molecule has 3 nitrogen and oxygen atoms in total. The second kappa shape index (κ2) is 11.1. The van der Waals surface area contributed by atoms with Crippen LogP contribution in [0.1, 0.15) is 57.2 Å². The highest BCUT2D eigenvalue weighted by Crippen LogP contribution is 2.55. The molecule has 3 aliphatic rings. The number of fused-ring (bicyclic) bond motifs is 19. The monoisotopic (exact) mass is 811 g/mol. The maximum absolute atomic E-state index is 2.84. The van der Waals surface area contributed by atoms with Crippen LogP contribution < -0.4 is 15.7 Å². The Morgan fingerprint density at radius 1 is 0.516 bits per heavy atom. The Morgan fingerprint density at radius 3 is 1.92 bits per heavy atom. The van der Waals surface area contributed by atoms with Crippen LogP contribution in [-0.2, 0) is 10.8 Å². The van der Waals surface area contributed by atoms with Gasteiger partial charge in [0.1, 0.15) is 0 Å². The van der Waals surface area contributed by atoms with E-state index in [1.165, 1.54) is 149 Å². The normalized spacial score (nSPS) is 16.2. The first-order valence-electron chi connectivity index (χ1n) is 22.4. The average Bonchev–Trinajstić information content (AvgIpc) is 4.03. The standard InChI is InChI=1S/C57H42BN3S/c1-31-28-41-42(57(4,5)27-26-56(41,2)3)30-46(31)61-54-38(25-24-37-36-18-12-17-34-32-14-6-9-21-44(32)59(51(34)36)53(37)54)40-29-48-49(39-16-8-11-23-47(39)62-48)55-50(40)58(61)43-20-13-19-35-33-15-7-10-22-45(33)60(55)52(35)43/h6-25,28-30H,26-27H2,1-5H3. The van der Waals surface area contributed by atoms with E-state index in [1.807, 2.05) is 11.3 Å². The lowest BCUT2D eigenvalue weighted by molar-refractivity contribution is 0.332. The first-order chi connectivity index (χ1) is 30.2. The summed E-state index contributed by atoms with van der Waals surface area (Å²) in [7, 11) is 0. The van der Waals surface area contributed by atoms with Gasteiger partial charge in [-0.3, -0.25) is 0 Å². The molecule has 0 spiro atoms. The van der Waals surface area contributed by atoms with E-state index < -0.39 is 0 Å². The summed E-state index contributed by atoms with van der Waals surface area (Å²) in [5, 5.41) is 10.6. The molecule has 0 N–H and O–H groups in total. The van der Waals surface area contributed by atoms with Crippen molar-refractivity contribution in [2.75, 3.05) is 4.81 Å². The molecule has 0 unspecified atom stereocenters. The third kappa shape index (κ3) is 3.89. The van der Waals surface area contributed by atoms with E-state index in [9.17, 15) is 0 Å². The van der Waals surface area contributed by atoms with E-state index in [4.69, 9.17) is 0 Å². The molecule has 62 heavy (non-hydrogen) atoms. The molecule has 0 radical (unpaired) electrons. The Kier molecular flexibility index (Phi) is 6.09. The van der Waals surface area contributed by atoms with Gasteiger partial charge < -0.3 is 13.8 Å². The predicted molar refractivity (Wildman–Crippen MR) is 267 cm³/mol. The molecule has 0 saturated heterocycles. The molecule has 4 aromatic heterocycles. The van der Waals surface area contributed by atoms with Crippen LogP contribution in [0.15, 0.2) is 140 Å². The number of benzene rings is 8. The van der Waals surface area contributed by atoms with E-state index in [0.717, 1.165) is 0 Å². The van der Waals surface area contributed by atoms with Crippen LogP contribution >= 0.6 is 11.3 Å². The number of nitrogens with zero attached hydrogens (tertiary/aromatic N) is 3. The van der Waals surface area contributed by atoms with Crippen molar-refractivity contribution in [2.24, 2.45) is 0 Å². The van der Waals surface area contributed by atoms with E-state index >= 15 is 0 Å². The number of hydrogen-bond acceptors (Lipinski definition) is 2. The zero-order chi connectivity index (χ0) is 41.1. The van der Waals surface area contributed by atoms with Crippen molar-refractivity contribution in [3.8, 4) is 16.8 Å². The van der Waals surface area contributed by atoms with Crippen molar-refractivity contribution in [1.82, 2.24) is 8.97 Å². The molecule has 0 amide bonds. The van der Waals surface area contributed by atoms with Crippen molar-refractivity contribution in [3.05, 3.63) is 156 Å². The highest BCUT2D eigenvalue weighted by molar-refractivity contribution is 7.26. The van der Waals surface area contributed by atoms with Gasteiger partial charge in [0.2, 0.25) is 0 Å². The van der Waals surface area contributed by atoms with Crippen LogP contribution in [0, 0.1) is 6.92 Å². The summed E-state index contributed by atoms with van der Waals surface area (Å²) in [5.74, 6) is 0. The van der Waals surface area contributed by atoms with Gasteiger partial charge in [0.05, 0.1) is 39.0 Å². The number of aryl methyl sites for hydroxylation is 1. The molecule has 2 aliphatic heterocycles. The van der Waals surface area contributed by atoms with E-state index in [0.29, 0.717) is 0 Å². The van der Waals surface area contributed by atoms with Gasteiger partial charge in [-0.05, 0) is 94.1 Å². The number of hydrogen-bond donors (Lipinski definition) is 0. The number of rotatable bonds is 1. The summed E-state index contributed by atoms with van der Waals surface area (Å²) >= 11 is 1.94. The largest absolute Gasteiger partial charge is 0.374 e. The first-order valence-corrected chi connectivity index (χ1v) is 23.2. The molecular formula is C57H42BN3S. The topological polar surface area (TPSA) is 12.6 Å². The molecule has 5 heteroatoms. The fraction of sp³-hybridized carbons (Fsp3) is 0.158. The maximum atomic E-state index is 2.84. The fourth-order valence-electron chi connectivity index (χ4n) is 12.8. The molecule has 12 aromatic rings. The van der Waals surface area contributed by atoms with E-state index in [2.05, 4.69) is 188 Å². The summed E-state index contributed by atoms with van der Waals surface area (Å²) in [4.78, 5) is 2.84. The summed E-state index contributed by atoms with van der Waals surface area (Å²) < 4.78 is 7.97. The lowest BCUT2D eigenvalue weighted by atomic mass is 9.43. The van der Waals surface area contributed by atoms with Crippen molar-refractivity contribution in [2.45, 2.75) is 58.3 Å². The number of thiophene rings is 1. The SMILES string of the molecule is Cc1cc2c(cc1N1B3c4c(cc5sc6ccccc6c5c4-n4c5ccccc5c5cccc3c54)-c3ccc4c5cccc6c7ccccc7n(c4c31)c65)C(C)(C)CCC2(C)C. The quantitative estimate of drug-likeness (QED) is 0.150. The number of aromatic nitrogens is 2. The van der Waals surface area contributed by atoms with Gasteiger partial charge in [-0.2, -0.15) is 0 Å². The van der Waals surface area contributed by atoms with Gasteiger partial charge in [-0.1, -0.05) is 137 Å². The molecule has 0 bridgehead atoms. The third-order valence-corrected chi connectivity index (χ3v) is 16.9.